The van der Waals surface area contributed by atoms with Gasteiger partial charge in [0.2, 0.25) is 5.91 Å². The van der Waals surface area contributed by atoms with Crippen LogP contribution in [0.3, 0.4) is 0 Å². The van der Waals surface area contributed by atoms with E-state index in [1.165, 1.54) is 114 Å². The molecule has 0 aromatic heterocycles. The molecule has 0 radical (unpaired) electrons. The number of piperidine rings is 2. The average Bonchev–Trinajstić information content (AvgIpc) is 0.773. The number of hydrogen-bond acceptors (Lipinski definition) is 15. The molecule has 5 atom stereocenters. The first-order chi connectivity index (χ1) is 50.7. The van der Waals surface area contributed by atoms with Crippen molar-refractivity contribution in [3.05, 3.63) is 116 Å². The maximum absolute atomic E-state index is 14.5. The van der Waals surface area contributed by atoms with E-state index in [-0.39, 0.29) is 36.1 Å². The fourth-order valence-corrected chi connectivity index (χ4v) is 16.0. The number of carboxylic acid groups (broad SMARTS) is 2. The lowest BCUT2D eigenvalue weighted by atomic mass is 9.69. The molecule has 2 spiro atoms. The number of aliphatic carboxylic acids is 2. The fraction of sp³-hybridized carbons (Fsp3) is 0.617. The summed E-state index contributed by atoms with van der Waals surface area (Å²) in [5.74, 6) is -5.57. The first-order valence-corrected chi connectivity index (χ1v) is 38.1. The summed E-state index contributed by atoms with van der Waals surface area (Å²) in [6.45, 7) is 31.7. The molecule has 4 fully saturated rings. The van der Waals surface area contributed by atoms with Gasteiger partial charge >= 0.3 is 36.7 Å². The molecular formula is C81H115F6N8O14+. The summed E-state index contributed by atoms with van der Waals surface area (Å²) in [4.78, 5) is 90.6. The van der Waals surface area contributed by atoms with Gasteiger partial charge in [0.05, 0.1) is 30.9 Å². The molecule has 4 aromatic rings. The molecule has 4 heterocycles. The predicted octanol–water partition coefficient (Wildman–Crippen LogP) is 12.5. The van der Waals surface area contributed by atoms with Crippen molar-refractivity contribution in [1.29, 1.82) is 0 Å². The molecule has 4 aliphatic heterocycles. The summed E-state index contributed by atoms with van der Waals surface area (Å²) in [7, 11) is 0. The molecular weight excluding hydrogens is 1420 g/mol. The fourth-order valence-electron chi connectivity index (χ4n) is 16.0. The summed E-state index contributed by atoms with van der Waals surface area (Å²) in [6.07, 6.45) is 8.73. The monoisotopic (exact) mass is 1540 g/mol. The van der Waals surface area contributed by atoms with E-state index in [4.69, 9.17) is 38.7 Å². The molecule has 4 aromatic carbocycles. The van der Waals surface area contributed by atoms with E-state index in [1.54, 1.807) is 75.6 Å². The Labute approximate surface area is 636 Å². The number of amides is 4. The third kappa shape index (κ3) is 27.0. The maximum atomic E-state index is 14.5. The van der Waals surface area contributed by atoms with Crippen LogP contribution in [0, 0.1) is 38.5 Å². The number of carbonyl (C=O) groups is 7. The molecule has 604 valence electrons. The topological polar surface area (TPSA) is 307 Å². The zero-order chi connectivity index (χ0) is 80.8. The Kier molecular flexibility index (Phi) is 29.9. The quantitative estimate of drug-likeness (QED) is 0.0252. The number of alkyl carbamates (subject to hydrolysis) is 1. The van der Waals surface area contributed by atoms with Gasteiger partial charge in [0.15, 0.2) is 6.04 Å². The van der Waals surface area contributed by atoms with Gasteiger partial charge < -0.3 is 71.0 Å². The number of carboxylic acids is 2. The van der Waals surface area contributed by atoms with Gasteiger partial charge in [-0.15, -0.1) is 0 Å². The summed E-state index contributed by atoms with van der Waals surface area (Å²) >= 11 is 0. The van der Waals surface area contributed by atoms with Crippen molar-refractivity contribution >= 4 is 53.5 Å². The second-order valence-electron chi connectivity index (χ2n) is 33.5. The standard InChI is InChI=1S/C46H68N4O8.C31H44N4O2.2C2HF3O2/c1-30-24-33(55-42(54)58-45(9,10)11)25-31(2)34(30)27-37(48-40(52)56-43(3,4)5)39(51)47-36-18-23-50(41(53)57-44(6,7)8)38-17-16-32(26-35(36)38)28-49-22-15-21-46(29-49)19-13-12-14-20-46;1-21-15-24(36)16-22(2)25(21)18-27(32)30(37)34-29-9-13-33-28-8-7-23(17-26(28)29)19-35-14-6-12-31(20-35)10-4-3-5-11-31;2*3-2(4,5)1(6)7/h16-17,24-26,36-37H,12-15,18-23,27-29H2,1-11H3,(H,47,51)(H,48,52);7-8,15-17,27,29,33,36H,3-6,9-14,18-20,32H2,1-2H3,(H,34,37);2*(H,6,7)/p+1/t36-,37+;27-,29+;;/m10../s1. The molecule has 4 amide bonds. The highest BCUT2D eigenvalue weighted by molar-refractivity contribution is 5.91. The van der Waals surface area contributed by atoms with E-state index in [2.05, 4.69) is 62.2 Å². The highest BCUT2D eigenvalue weighted by Gasteiger charge is 2.42. The molecule has 2 saturated heterocycles. The summed E-state index contributed by atoms with van der Waals surface area (Å²) in [5, 5.41) is 38.7. The number of nitrogens with zero attached hydrogens (tertiary/aromatic N) is 2. The second kappa shape index (κ2) is 37.1. The van der Waals surface area contributed by atoms with E-state index in [0.29, 0.717) is 41.7 Å². The molecule has 109 heavy (non-hydrogen) atoms. The van der Waals surface area contributed by atoms with Crippen molar-refractivity contribution in [2.45, 2.75) is 272 Å². The van der Waals surface area contributed by atoms with Crippen LogP contribution in [0.1, 0.15) is 233 Å². The minimum Gasteiger partial charge on any atom is -0.542 e. The van der Waals surface area contributed by atoms with Crippen molar-refractivity contribution in [2.75, 3.05) is 49.5 Å². The van der Waals surface area contributed by atoms with E-state index in [0.717, 1.165) is 89.3 Å². The van der Waals surface area contributed by atoms with Crippen molar-refractivity contribution < 1.29 is 105 Å². The molecule has 10 N–H and O–H groups in total. The van der Waals surface area contributed by atoms with E-state index in [9.17, 15) is 55.4 Å². The van der Waals surface area contributed by atoms with Crippen LogP contribution in [0.15, 0.2) is 60.7 Å². The zero-order valence-corrected chi connectivity index (χ0v) is 65.6. The number of nitrogens with one attached hydrogen (secondary N) is 5. The van der Waals surface area contributed by atoms with Gasteiger partial charge in [0.1, 0.15) is 46.9 Å². The zero-order valence-electron chi connectivity index (χ0n) is 65.6. The van der Waals surface area contributed by atoms with Gasteiger partial charge in [-0.05, 0) is 259 Å². The van der Waals surface area contributed by atoms with E-state index >= 15 is 0 Å². The number of anilines is 2. The summed E-state index contributed by atoms with van der Waals surface area (Å²) in [5.41, 5.74) is 14.9. The summed E-state index contributed by atoms with van der Waals surface area (Å²) < 4.78 is 85.5. The Hall–Kier alpha value is -8.37. The highest BCUT2D eigenvalue weighted by Crippen LogP contribution is 2.45. The number of aryl methyl sites for hydroxylation is 4. The van der Waals surface area contributed by atoms with Gasteiger partial charge in [0.25, 0.3) is 5.91 Å². The molecule has 1 unspecified atom stereocenters. The minimum absolute atomic E-state index is 0.00368. The lowest BCUT2D eigenvalue weighted by Crippen LogP contribution is -3.13. The van der Waals surface area contributed by atoms with Gasteiger partial charge in [0, 0.05) is 55.7 Å². The smallest absolute Gasteiger partial charge is 0.514 e. The van der Waals surface area contributed by atoms with Crippen LogP contribution >= 0.6 is 0 Å². The van der Waals surface area contributed by atoms with Crippen molar-refractivity contribution in [3.8, 4) is 11.5 Å². The number of phenolic OH excluding ortho intramolecular Hbond substituents is 1. The van der Waals surface area contributed by atoms with Crippen LogP contribution in [-0.4, -0.2) is 138 Å². The molecule has 22 nitrogen and oxygen atoms in total. The first-order valence-electron chi connectivity index (χ1n) is 38.1. The largest absolute Gasteiger partial charge is 0.542 e. The number of aromatic hydroxyl groups is 1. The highest BCUT2D eigenvalue weighted by atomic mass is 19.4. The van der Waals surface area contributed by atoms with Gasteiger partial charge in [-0.25, -0.2) is 19.2 Å². The first kappa shape index (κ1) is 87.9. The van der Waals surface area contributed by atoms with Crippen LogP contribution in [0.5, 0.6) is 11.5 Å². The van der Waals surface area contributed by atoms with Crippen LogP contribution in [-0.2, 0) is 59.3 Å². The molecule has 0 bridgehead atoms. The molecule has 28 heteroatoms. The number of hydrogen-bond donors (Lipinski definition) is 8. The summed E-state index contributed by atoms with van der Waals surface area (Å²) in [6, 6.07) is 18.2. The number of quaternary nitrogens is 2. The number of fused-ring (bicyclic) bond motifs is 2. The van der Waals surface area contributed by atoms with E-state index in [1.807, 2.05) is 54.5 Å². The SMILES string of the molecule is Cc1cc(O)cc(C)c1C[C@H]([NH3+])C(=O)N[C@@H]1CCNc2ccc(C[NH+]3CCCC4(CCCCC4)C3)cc21.Cc1cc(OC(=O)OC(C)(C)C)cc(C)c1C[C@H](NC(=O)OC(C)(C)C)C(=O)N[C@@H]1CCN(C(=O)OC(C)(C)C)c2ccc(CN3CCCC4(CCCCC4)C3)cc21.O=C(O)C(F)(F)F.O=C([O-])C(F)(F)F. The second-order valence-corrected chi connectivity index (χ2v) is 33.5. The van der Waals surface area contributed by atoms with Gasteiger partial charge in [-0.1, -0.05) is 56.7 Å². The Balaban J connectivity index is 0.000000274. The lowest BCUT2D eigenvalue weighted by Gasteiger charge is -2.45. The van der Waals surface area contributed by atoms with Crippen LogP contribution < -0.4 is 46.6 Å². The molecule has 6 aliphatic rings. The van der Waals surface area contributed by atoms with Crippen LogP contribution in [0.2, 0.25) is 0 Å². The number of likely N-dealkylation sites (tertiary alicyclic amines) is 2. The molecule has 10 rings (SSSR count). The Morgan fingerprint density at radius 2 is 1.15 bits per heavy atom. The number of ether oxygens (including phenoxy) is 4. The molecule has 2 aliphatic carbocycles. The Morgan fingerprint density at radius 3 is 1.72 bits per heavy atom. The normalized spacial score (nSPS) is 19.6. The average molecular weight is 1540 g/mol. The lowest BCUT2D eigenvalue weighted by molar-refractivity contribution is -0.926. The number of halogens is 6. The third-order valence-electron chi connectivity index (χ3n) is 20.8. The van der Waals surface area contributed by atoms with Crippen LogP contribution in [0.25, 0.3) is 0 Å². The Bertz CT molecular complexity index is 3750. The van der Waals surface area contributed by atoms with Crippen molar-refractivity contribution in [2.24, 2.45) is 10.8 Å². The van der Waals surface area contributed by atoms with Gasteiger partial charge in [-0.2, -0.15) is 26.3 Å². The molecule has 2 saturated carbocycles. The maximum Gasteiger partial charge on any atom is 0.514 e. The number of benzene rings is 4. The third-order valence-corrected chi connectivity index (χ3v) is 20.8. The van der Waals surface area contributed by atoms with E-state index < -0.39 is 71.5 Å². The minimum atomic E-state index is -5.19. The number of alkyl halides is 6. The van der Waals surface area contributed by atoms with Crippen molar-refractivity contribution in [1.82, 2.24) is 20.9 Å². The van der Waals surface area contributed by atoms with Crippen molar-refractivity contribution in [3.63, 3.8) is 0 Å². The number of rotatable bonds is 14. The number of phenols is 1. The van der Waals surface area contributed by atoms with Gasteiger partial charge in [-0.3, -0.25) is 19.4 Å². The predicted molar refractivity (Wildman–Crippen MR) is 397 cm³/mol. The Morgan fingerprint density at radius 1 is 0.633 bits per heavy atom. The van der Waals surface area contributed by atoms with Crippen LogP contribution in [0.4, 0.5) is 52.1 Å². The number of carbonyl (C=O) groups excluding carboxylic acids is 6.